The van der Waals surface area contributed by atoms with Crippen LogP contribution in [0.25, 0.3) is 5.82 Å². The van der Waals surface area contributed by atoms with Crippen LogP contribution in [0.15, 0.2) is 24.4 Å². The first-order chi connectivity index (χ1) is 9.04. The summed E-state index contributed by atoms with van der Waals surface area (Å²) in [6, 6.07) is 6.20. The molecule has 0 bridgehead atoms. The Kier molecular flexibility index (Phi) is 4.32. The molecule has 2 heterocycles. The predicted molar refractivity (Wildman–Crippen MR) is 77.4 cm³/mol. The van der Waals surface area contributed by atoms with Crippen molar-refractivity contribution in [1.82, 2.24) is 20.1 Å². The fraction of sp³-hybridized carbons (Fsp3) is 0.467. The second kappa shape index (κ2) is 5.97. The van der Waals surface area contributed by atoms with E-state index in [0.717, 1.165) is 30.3 Å². The SMILES string of the molecule is Cc1cc(CNCC(C)C)cc(-n2ccc(C)n2)n1. The molecule has 2 rings (SSSR count). The number of hydrogen-bond acceptors (Lipinski definition) is 3. The molecule has 0 aromatic carbocycles. The second-order valence-electron chi connectivity index (χ2n) is 5.40. The van der Waals surface area contributed by atoms with Gasteiger partial charge in [0.05, 0.1) is 5.69 Å². The maximum Gasteiger partial charge on any atom is 0.153 e. The highest BCUT2D eigenvalue weighted by Gasteiger charge is 2.04. The van der Waals surface area contributed by atoms with Gasteiger partial charge in [-0.3, -0.25) is 0 Å². The van der Waals surface area contributed by atoms with E-state index in [4.69, 9.17) is 0 Å². The van der Waals surface area contributed by atoms with E-state index in [-0.39, 0.29) is 0 Å². The Balaban J connectivity index is 2.15. The highest BCUT2D eigenvalue weighted by Crippen LogP contribution is 2.10. The van der Waals surface area contributed by atoms with E-state index in [0.29, 0.717) is 5.92 Å². The van der Waals surface area contributed by atoms with Gasteiger partial charge in [-0.25, -0.2) is 9.67 Å². The third kappa shape index (κ3) is 3.89. The first kappa shape index (κ1) is 13.7. The van der Waals surface area contributed by atoms with Crippen LogP contribution in [0.1, 0.15) is 30.8 Å². The van der Waals surface area contributed by atoms with Gasteiger partial charge in [0.15, 0.2) is 5.82 Å². The van der Waals surface area contributed by atoms with Gasteiger partial charge in [0.1, 0.15) is 0 Å². The van der Waals surface area contributed by atoms with Crippen molar-refractivity contribution in [3.05, 3.63) is 41.3 Å². The van der Waals surface area contributed by atoms with E-state index in [9.17, 15) is 0 Å². The van der Waals surface area contributed by atoms with E-state index in [1.54, 1.807) is 0 Å². The molecule has 0 spiro atoms. The van der Waals surface area contributed by atoms with Crippen LogP contribution in [0.2, 0.25) is 0 Å². The van der Waals surface area contributed by atoms with E-state index >= 15 is 0 Å². The summed E-state index contributed by atoms with van der Waals surface area (Å²) >= 11 is 0. The fourth-order valence-corrected chi connectivity index (χ4v) is 1.99. The average Bonchev–Trinajstić information content (AvgIpc) is 2.75. The van der Waals surface area contributed by atoms with Crippen molar-refractivity contribution >= 4 is 0 Å². The number of nitrogens with one attached hydrogen (secondary N) is 1. The van der Waals surface area contributed by atoms with E-state index < -0.39 is 0 Å². The Morgan fingerprint density at radius 1 is 1.21 bits per heavy atom. The molecule has 0 radical (unpaired) electrons. The summed E-state index contributed by atoms with van der Waals surface area (Å²) < 4.78 is 1.83. The van der Waals surface area contributed by atoms with Crippen molar-refractivity contribution in [3.63, 3.8) is 0 Å². The average molecular weight is 258 g/mol. The summed E-state index contributed by atoms with van der Waals surface area (Å²) in [6.45, 7) is 10.3. The van der Waals surface area contributed by atoms with Crippen molar-refractivity contribution in [2.45, 2.75) is 34.2 Å². The van der Waals surface area contributed by atoms with Crippen molar-refractivity contribution in [3.8, 4) is 5.82 Å². The smallest absolute Gasteiger partial charge is 0.153 e. The molecule has 0 unspecified atom stereocenters. The fourth-order valence-electron chi connectivity index (χ4n) is 1.99. The Morgan fingerprint density at radius 2 is 2.00 bits per heavy atom. The zero-order valence-corrected chi connectivity index (χ0v) is 12.1. The number of pyridine rings is 1. The summed E-state index contributed by atoms with van der Waals surface area (Å²) in [7, 11) is 0. The summed E-state index contributed by atoms with van der Waals surface area (Å²) in [4.78, 5) is 4.53. The lowest BCUT2D eigenvalue weighted by molar-refractivity contribution is 0.552. The van der Waals surface area contributed by atoms with Gasteiger partial charge in [-0.1, -0.05) is 13.8 Å². The highest BCUT2D eigenvalue weighted by molar-refractivity contribution is 5.30. The van der Waals surface area contributed by atoms with Crippen molar-refractivity contribution in [2.75, 3.05) is 6.54 Å². The van der Waals surface area contributed by atoms with Crippen LogP contribution in [-0.2, 0) is 6.54 Å². The Bertz CT molecular complexity index is 543. The van der Waals surface area contributed by atoms with Gasteiger partial charge in [-0.05, 0) is 50.1 Å². The number of hydrogen-bond donors (Lipinski definition) is 1. The molecule has 102 valence electrons. The Labute approximate surface area is 114 Å². The third-order valence-corrected chi connectivity index (χ3v) is 2.84. The first-order valence-corrected chi connectivity index (χ1v) is 6.75. The monoisotopic (exact) mass is 258 g/mol. The normalized spacial score (nSPS) is 11.2. The molecule has 0 fully saturated rings. The van der Waals surface area contributed by atoms with E-state index in [2.05, 4.69) is 41.4 Å². The molecule has 0 atom stereocenters. The Hall–Kier alpha value is -1.68. The lowest BCUT2D eigenvalue weighted by Crippen LogP contribution is -2.19. The number of nitrogens with zero attached hydrogens (tertiary/aromatic N) is 3. The number of rotatable bonds is 5. The molecule has 4 nitrogen and oxygen atoms in total. The minimum absolute atomic E-state index is 0.663. The summed E-state index contributed by atoms with van der Waals surface area (Å²) in [5, 5.41) is 7.86. The lowest BCUT2D eigenvalue weighted by atomic mass is 10.2. The van der Waals surface area contributed by atoms with Crippen molar-refractivity contribution in [2.24, 2.45) is 5.92 Å². The standard InChI is InChI=1S/C15H22N4/c1-11(2)9-16-10-14-7-13(4)17-15(8-14)19-6-5-12(3)18-19/h5-8,11,16H,9-10H2,1-4H3. The maximum atomic E-state index is 4.53. The van der Waals surface area contributed by atoms with Crippen LogP contribution < -0.4 is 5.32 Å². The molecule has 0 amide bonds. The zero-order chi connectivity index (χ0) is 13.8. The zero-order valence-electron chi connectivity index (χ0n) is 12.1. The molecule has 0 aliphatic heterocycles. The molecule has 1 N–H and O–H groups in total. The van der Waals surface area contributed by atoms with Crippen molar-refractivity contribution < 1.29 is 0 Å². The molecule has 19 heavy (non-hydrogen) atoms. The molecular formula is C15H22N4. The van der Waals surface area contributed by atoms with Crippen LogP contribution >= 0.6 is 0 Å². The van der Waals surface area contributed by atoms with Gasteiger partial charge >= 0.3 is 0 Å². The minimum Gasteiger partial charge on any atom is -0.312 e. The van der Waals surface area contributed by atoms with Crippen LogP contribution in [0.5, 0.6) is 0 Å². The van der Waals surface area contributed by atoms with Gasteiger partial charge in [0, 0.05) is 18.4 Å². The van der Waals surface area contributed by atoms with Gasteiger partial charge < -0.3 is 5.32 Å². The molecular weight excluding hydrogens is 236 g/mol. The molecule has 0 saturated carbocycles. The van der Waals surface area contributed by atoms with Gasteiger partial charge in [0.25, 0.3) is 0 Å². The summed E-state index contributed by atoms with van der Waals surface area (Å²) in [5.41, 5.74) is 3.27. The second-order valence-corrected chi connectivity index (χ2v) is 5.40. The van der Waals surface area contributed by atoms with E-state index in [1.807, 2.05) is 30.8 Å². The van der Waals surface area contributed by atoms with Gasteiger partial charge in [-0.15, -0.1) is 0 Å². The molecule has 0 aliphatic rings. The molecule has 2 aromatic heterocycles. The van der Waals surface area contributed by atoms with Crippen LogP contribution in [-0.4, -0.2) is 21.3 Å². The van der Waals surface area contributed by atoms with Crippen molar-refractivity contribution in [1.29, 1.82) is 0 Å². The quantitative estimate of drug-likeness (QED) is 0.896. The number of aryl methyl sites for hydroxylation is 2. The largest absolute Gasteiger partial charge is 0.312 e. The maximum absolute atomic E-state index is 4.53. The Morgan fingerprint density at radius 3 is 2.63 bits per heavy atom. The molecule has 2 aromatic rings. The lowest BCUT2D eigenvalue weighted by Gasteiger charge is -2.10. The predicted octanol–water partition coefficient (Wildman–Crippen LogP) is 2.63. The molecule has 0 saturated heterocycles. The number of aromatic nitrogens is 3. The summed E-state index contributed by atoms with van der Waals surface area (Å²) in [5.74, 6) is 1.55. The van der Waals surface area contributed by atoms with E-state index in [1.165, 1.54) is 5.56 Å². The molecule has 4 heteroatoms. The van der Waals surface area contributed by atoms with Gasteiger partial charge in [-0.2, -0.15) is 5.10 Å². The molecule has 0 aliphatic carbocycles. The van der Waals surface area contributed by atoms with Crippen LogP contribution in [0.4, 0.5) is 0 Å². The highest BCUT2D eigenvalue weighted by atomic mass is 15.3. The third-order valence-electron chi connectivity index (χ3n) is 2.84. The minimum atomic E-state index is 0.663. The first-order valence-electron chi connectivity index (χ1n) is 6.75. The topological polar surface area (TPSA) is 42.7 Å². The van der Waals surface area contributed by atoms with Gasteiger partial charge in [0.2, 0.25) is 0 Å². The summed E-state index contributed by atoms with van der Waals surface area (Å²) in [6.07, 6.45) is 1.95. The van der Waals surface area contributed by atoms with Crippen LogP contribution in [0, 0.1) is 19.8 Å². The van der Waals surface area contributed by atoms with Crippen LogP contribution in [0.3, 0.4) is 0 Å².